The standard InChI is InChI=1S/C17H18Cl2N2O/c1-11(15-5-3-4-6-16(15)19)20-12(2)17(22)21-14-9-7-13(18)8-10-14/h3-12,20H,1-2H3,(H,21,22)/p+1/t11-,12+/m1/s1. The van der Waals surface area contributed by atoms with E-state index >= 15 is 0 Å². The topological polar surface area (TPSA) is 45.7 Å². The number of halogens is 2. The SMILES string of the molecule is C[C@H]([NH2+][C@H](C)c1ccccc1Cl)C(=O)Nc1ccc(Cl)cc1. The van der Waals surface area contributed by atoms with Crippen LogP contribution in [0.2, 0.25) is 10.0 Å². The Morgan fingerprint density at radius 1 is 1.05 bits per heavy atom. The molecule has 2 rings (SSSR count). The van der Waals surface area contributed by atoms with E-state index < -0.39 is 0 Å². The van der Waals surface area contributed by atoms with Crippen molar-refractivity contribution in [3.8, 4) is 0 Å². The van der Waals surface area contributed by atoms with Gasteiger partial charge in [0.25, 0.3) is 5.91 Å². The van der Waals surface area contributed by atoms with Crippen LogP contribution in [0.1, 0.15) is 25.5 Å². The molecule has 0 aromatic heterocycles. The van der Waals surface area contributed by atoms with Crippen molar-refractivity contribution in [2.45, 2.75) is 25.9 Å². The number of carbonyl (C=O) groups excluding carboxylic acids is 1. The van der Waals surface area contributed by atoms with E-state index in [2.05, 4.69) is 5.32 Å². The van der Waals surface area contributed by atoms with Crippen molar-refractivity contribution < 1.29 is 10.1 Å². The molecule has 0 saturated carbocycles. The highest BCUT2D eigenvalue weighted by molar-refractivity contribution is 6.31. The highest BCUT2D eigenvalue weighted by atomic mass is 35.5. The highest BCUT2D eigenvalue weighted by Gasteiger charge is 2.21. The molecule has 1 amide bonds. The molecule has 5 heteroatoms. The lowest BCUT2D eigenvalue weighted by Gasteiger charge is -2.17. The quantitative estimate of drug-likeness (QED) is 0.859. The fourth-order valence-corrected chi connectivity index (χ4v) is 2.69. The third kappa shape index (κ3) is 4.47. The molecule has 0 heterocycles. The predicted molar refractivity (Wildman–Crippen MR) is 91.3 cm³/mol. The zero-order valence-corrected chi connectivity index (χ0v) is 14.0. The normalized spacial score (nSPS) is 13.5. The van der Waals surface area contributed by atoms with Crippen molar-refractivity contribution in [2.24, 2.45) is 0 Å². The van der Waals surface area contributed by atoms with Gasteiger partial charge < -0.3 is 10.6 Å². The predicted octanol–water partition coefficient (Wildman–Crippen LogP) is 3.65. The number of nitrogens with two attached hydrogens (primary N) is 1. The van der Waals surface area contributed by atoms with Crippen molar-refractivity contribution in [3.05, 3.63) is 64.1 Å². The summed E-state index contributed by atoms with van der Waals surface area (Å²) in [5.74, 6) is -0.0544. The molecule has 0 aliphatic carbocycles. The molecular weight excluding hydrogens is 319 g/mol. The number of amides is 1. The Morgan fingerprint density at radius 3 is 2.32 bits per heavy atom. The molecule has 3 N–H and O–H groups in total. The number of hydrogen-bond donors (Lipinski definition) is 2. The van der Waals surface area contributed by atoms with Crippen molar-refractivity contribution >= 4 is 34.8 Å². The van der Waals surface area contributed by atoms with Crippen LogP contribution in [0.4, 0.5) is 5.69 Å². The largest absolute Gasteiger partial charge is 0.330 e. The maximum absolute atomic E-state index is 12.2. The molecule has 0 radical (unpaired) electrons. The summed E-state index contributed by atoms with van der Waals surface area (Å²) in [5, 5.41) is 6.23. The molecule has 2 atom stereocenters. The lowest BCUT2D eigenvalue weighted by Crippen LogP contribution is -2.91. The number of rotatable bonds is 5. The Hall–Kier alpha value is -1.55. The zero-order chi connectivity index (χ0) is 16.1. The molecule has 22 heavy (non-hydrogen) atoms. The van der Waals surface area contributed by atoms with Gasteiger partial charge in [0.15, 0.2) is 6.04 Å². The summed E-state index contributed by atoms with van der Waals surface area (Å²) in [6.07, 6.45) is 0. The Kier molecular flexibility index (Phi) is 5.83. The van der Waals surface area contributed by atoms with Crippen molar-refractivity contribution in [1.82, 2.24) is 0 Å². The van der Waals surface area contributed by atoms with E-state index in [9.17, 15) is 4.79 Å². The molecule has 0 saturated heterocycles. The van der Waals surface area contributed by atoms with Gasteiger partial charge in [0, 0.05) is 21.3 Å². The third-order valence-electron chi connectivity index (χ3n) is 3.50. The minimum atomic E-state index is -0.234. The number of carbonyl (C=O) groups is 1. The fourth-order valence-electron chi connectivity index (χ4n) is 2.26. The van der Waals surface area contributed by atoms with E-state index in [-0.39, 0.29) is 18.0 Å². The van der Waals surface area contributed by atoms with Crippen LogP contribution in [0.3, 0.4) is 0 Å². The number of nitrogens with one attached hydrogen (secondary N) is 1. The van der Waals surface area contributed by atoms with Crippen molar-refractivity contribution in [1.29, 1.82) is 0 Å². The molecule has 0 unspecified atom stereocenters. The molecule has 0 fully saturated rings. The monoisotopic (exact) mass is 337 g/mol. The summed E-state index contributed by atoms with van der Waals surface area (Å²) in [6.45, 7) is 3.91. The smallest absolute Gasteiger partial charge is 0.282 e. The second-order valence-electron chi connectivity index (χ2n) is 5.29. The Balaban J connectivity index is 1.96. The lowest BCUT2D eigenvalue weighted by atomic mass is 10.1. The molecular formula is C17H19Cl2N2O+. The summed E-state index contributed by atoms with van der Waals surface area (Å²) >= 11 is 12.0. The fraction of sp³-hybridized carbons (Fsp3) is 0.235. The van der Waals surface area contributed by atoms with Crippen LogP contribution in [0, 0.1) is 0 Å². The van der Waals surface area contributed by atoms with E-state index in [1.807, 2.05) is 43.4 Å². The molecule has 2 aromatic carbocycles. The Morgan fingerprint density at radius 2 is 1.68 bits per heavy atom. The van der Waals surface area contributed by atoms with Crippen molar-refractivity contribution in [2.75, 3.05) is 5.32 Å². The third-order valence-corrected chi connectivity index (χ3v) is 4.09. The minimum absolute atomic E-state index is 0.0544. The van der Waals surface area contributed by atoms with Crippen LogP contribution < -0.4 is 10.6 Å². The van der Waals surface area contributed by atoms with E-state index in [1.54, 1.807) is 24.3 Å². The van der Waals surface area contributed by atoms with E-state index in [1.165, 1.54) is 0 Å². The molecule has 116 valence electrons. The molecule has 2 aromatic rings. The molecule has 0 aliphatic heterocycles. The number of quaternary nitrogens is 1. The summed E-state index contributed by atoms with van der Waals surface area (Å²) in [4.78, 5) is 12.2. The molecule has 0 spiro atoms. The van der Waals surface area contributed by atoms with Crippen LogP contribution in [-0.4, -0.2) is 11.9 Å². The lowest BCUT2D eigenvalue weighted by molar-refractivity contribution is -0.709. The average molecular weight is 338 g/mol. The van der Waals surface area contributed by atoms with Crippen LogP contribution >= 0.6 is 23.2 Å². The Labute approximate surface area is 140 Å². The minimum Gasteiger partial charge on any atom is -0.330 e. The van der Waals surface area contributed by atoms with E-state index in [0.29, 0.717) is 5.02 Å². The van der Waals surface area contributed by atoms with Gasteiger partial charge in [0.2, 0.25) is 0 Å². The average Bonchev–Trinajstić information content (AvgIpc) is 2.49. The van der Waals surface area contributed by atoms with Gasteiger partial charge in [-0.25, -0.2) is 0 Å². The van der Waals surface area contributed by atoms with Gasteiger partial charge in [-0.3, -0.25) is 4.79 Å². The second-order valence-corrected chi connectivity index (χ2v) is 6.13. The van der Waals surface area contributed by atoms with E-state index in [4.69, 9.17) is 23.2 Å². The van der Waals surface area contributed by atoms with Gasteiger partial charge in [0.1, 0.15) is 6.04 Å². The van der Waals surface area contributed by atoms with Crippen LogP contribution in [0.15, 0.2) is 48.5 Å². The van der Waals surface area contributed by atoms with Crippen LogP contribution in [-0.2, 0) is 4.79 Å². The van der Waals surface area contributed by atoms with Gasteiger partial charge in [-0.1, -0.05) is 41.4 Å². The van der Waals surface area contributed by atoms with E-state index in [0.717, 1.165) is 16.3 Å². The maximum atomic E-state index is 12.2. The first-order chi connectivity index (χ1) is 10.5. The molecule has 3 nitrogen and oxygen atoms in total. The summed E-state index contributed by atoms with van der Waals surface area (Å²) in [5.41, 5.74) is 1.76. The zero-order valence-electron chi connectivity index (χ0n) is 12.5. The summed E-state index contributed by atoms with van der Waals surface area (Å²) in [7, 11) is 0. The first kappa shape index (κ1) is 16.8. The van der Waals surface area contributed by atoms with Gasteiger partial charge in [0.05, 0.1) is 0 Å². The summed E-state index contributed by atoms with van der Waals surface area (Å²) in [6, 6.07) is 14.6. The highest BCUT2D eigenvalue weighted by Crippen LogP contribution is 2.19. The Bertz CT molecular complexity index is 643. The van der Waals surface area contributed by atoms with Gasteiger partial charge in [-0.15, -0.1) is 0 Å². The van der Waals surface area contributed by atoms with Gasteiger partial charge in [-0.2, -0.15) is 0 Å². The van der Waals surface area contributed by atoms with Crippen LogP contribution in [0.5, 0.6) is 0 Å². The number of benzene rings is 2. The van der Waals surface area contributed by atoms with Gasteiger partial charge >= 0.3 is 0 Å². The first-order valence-electron chi connectivity index (χ1n) is 7.13. The maximum Gasteiger partial charge on any atom is 0.282 e. The van der Waals surface area contributed by atoms with Gasteiger partial charge in [-0.05, 0) is 44.2 Å². The first-order valence-corrected chi connectivity index (χ1v) is 7.89. The number of anilines is 1. The van der Waals surface area contributed by atoms with Crippen molar-refractivity contribution in [3.63, 3.8) is 0 Å². The molecule has 0 bridgehead atoms. The molecule has 0 aliphatic rings. The van der Waals surface area contributed by atoms with Crippen LogP contribution in [0.25, 0.3) is 0 Å². The second kappa shape index (κ2) is 7.63. The number of hydrogen-bond acceptors (Lipinski definition) is 1. The summed E-state index contributed by atoms with van der Waals surface area (Å²) < 4.78 is 0.